The monoisotopic (exact) mass is 261 g/mol. The van der Waals surface area contributed by atoms with E-state index in [1.165, 1.54) is 12.1 Å². The number of hydrogen-bond donors (Lipinski definition) is 1. The maximum absolute atomic E-state index is 13.9. The van der Waals surface area contributed by atoms with Crippen LogP contribution < -0.4 is 5.32 Å². The maximum atomic E-state index is 13.9. The fourth-order valence-corrected chi connectivity index (χ4v) is 2.01. The first kappa shape index (κ1) is 13.7. The van der Waals surface area contributed by atoms with Crippen molar-refractivity contribution in [2.24, 2.45) is 0 Å². The molecule has 1 unspecified atom stereocenters. The molecule has 3 heteroatoms. The molecule has 0 spiro atoms. The van der Waals surface area contributed by atoms with Gasteiger partial charge in [-0.3, -0.25) is 0 Å². The largest absolute Gasteiger partial charge is 0.313 e. The molecule has 1 atom stereocenters. The summed E-state index contributed by atoms with van der Waals surface area (Å²) >= 11 is 0. The van der Waals surface area contributed by atoms with Crippen LogP contribution in [0.2, 0.25) is 0 Å². The minimum Gasteiger partial charge on any atom is -0.313 e. The average Bonchev–Trinajstić information content (AvgIpc) is 2.42. The second kappa shape index (κ2) is 5.49. The van der Waals surface area contributed by atoms with Crippen LogP contribution >= 0.6 is 0 Å². The van der Waals surface area contributed by atoms with Crippen molar-refractivity contribution in [2.45, 2.75) is 19.9 Å². The van der Waals surface area contributed by atoms with Gasteiger partial charge >= 0.3 is 0 Å². The lowest BCUT2D eigenvalue weighted by molar-refractivity contribution is 0.595. The first-order valence-corrected chi connectivity index (χ1v) is 6.26. The normalized spacial score (nSPS) is 12.5. The first-order chi connectivity index (χ1) is 9.02. The Balaban J connectivity index is 2.50. The van der Waals surface area contributed by atoms with E-state index in [1.54, 1.807) is 13.0 Å². The summed E-state index contributed by atoms with van der Waals surface area (Å²) in [5.41, 5.74) is 2.35. The third kappa shape index (κ3) is 2.82. The van der Waals surface area contributed by atoms with Gasteiger partial charge in [-0.2, -0.15) is 0 Å². The van der Waals surface area contributed by atoms with E-state index in [2.05, 4.69) is 5.32 Å². The molecule has 0 aliphatic heterocycles. The third-order valence-electron chi connectivity index (χ3n) is 3.38. The molecule has 0 amide bonds. The zero-order chi connectivity index (χ0) is 14.0. The number of aryl methyl sites for hydroxylation is 1. The zero-order valence-corrected chi connectivity index (χ0v) is 11.3. The average molecular weight is 261 g/mol. The van der Waals surface area contributed by atoms with Crippen molar-refractivity contribution in [2.75, 3.05) is 7.05 Å². The van der Waals surface area contributed by atoms with Crippen molar-refractivity contribution >= 4 is 0 Å². The van der Waals surface area contributed by atoms with Gasteiger partial charge in [-0.1, -0.05) is 18.2 Å². The molecule has 0 aliphatic rings. The molecular weight excluding hydrogens is 244 g/mol. The van der Waals surface area contributed by atoms with Gasteiger partial charge in [-0.05, 0) is 55.8 Å². The van der Waals surface area contributed by atoms with Crippen molar-refractivity contribution in [1.82, 2.24) is 5.32 Å². The Morgan fingerprint density at radius 2 is 1.79 bits per heavy atom. The van der Waals surface area contributed by atoms with E-state index in [1.807, 2.05) is 32.2 Å². The highest BCUT2D eigenvalue weighted by molar-refractivity contribution is 5.65. The Bertz CT molecular complexity index is 593. The van der Waals surface area contributed by atoms with Crippen LogP contribution in [-0.2, 0) is 0 Å². The summed E-state index contributed by atoms with van der Waals surface area (Å²) in [6.45, 7) is 3.58. The summed E-state index contributed by atoms with van der Waals surface area (Å²) < 4.78 is 27.5. The second-order valence-electron chi connectivity index (χ2n) is 4.72. The van der Waals surface area contributed by atoms with E-state index in [9.17, 15) is 8.78 Å². The summed E-state index contributed by atoms with van der Waals surface area (Å²) in [7, 11) is 1.86. The molecule has 100 valence electrons. The Morgan fingerprint density at radius 3 is 2.47 bits per heavy atom. The van der Waals surface area contributed by atoms with Gasteiger partial charge in [0.1, 0.15) is 11.6 Å². The number of nitrogens with one attached hydrogen (secondary N) is 1. The van der Waals surface area contributed by atoms with Gasteiger partial charge in [0.2, 0.25) is 0 Å². The van der Waals surface area contributed by atoms with Crippen molar-refractivity contribution < 1.29 is 8.78 Å². The molecule has 0 aliphatic carbocycles. The summed E-state index contributed by atoms with van der Waals surface area (Å²) in [6.07, 6.45) is 0. The highest BCUT2D eigenvalue weighted by Crippen LogP contribution is 2.27. The SMILES string of the molecule is CNC(C)c1cccc(-c2cc(F)c(C)cc2F)c1. The van der Waals surface area contributed by atoms with Gasteiger partial charge in [-0.15, -0.1) is 0 Å². The molecular formula is C16H17F2N. The highest BCUT2D eigenvalue weighted by Gasteiger charge is 2.11. The van der Waals surface area contributed by atoms with E-state index in [0.717, 1.165) is 5.56 Å². The van der Waals surface area contributed by atoms with Crippen molar-refractivity contribution in [1.29, 1.82) is 0 Å². The van der Waals surface area contributed by atoms with Crippen LogP contribution in [0, 0.1) is 18.6 Å². The van der Waals surface area contributed by atoms with Gasteiger partial charge < -0.3 is 5.32 Å². The molecule has 0 aromatic heterocycles. The zero-order valence-electron chi connectivity index (χ0n) is 11.3. The molecule has 1 nitrogen and oxygen atoms in total. The van der Waals surface area contributed by atoms with E-state index in [-0.39, 0.29) is 11.9 Å². The Hall–Kier alpha value is -1.74. The number of halogens is 2. The number of benzene rings is 2. The number of rotatable bonds is 3. The minimum atomic E-state index is -0.395. The fraction of sp³-hybridized carbons (Fsp3) is 0.250. The quantitative estimate of drug-likeness (QED) is 0.872. The molecule has 0 heterocycles. The van der Waals surface area contributed by atoms with Crippen LogP contribution in [0.15, 0.2) is 36.4 Å². The molecule has 19 heavy (non-hydrogen) atoms. The molecule has 2 rings (SSSR count). The second-order valence-corrected chi connectivity index (χ2v) is 4.72. The Morgan fingerprint density at radius 1 is 1.05 bits per heavy atom. The van der Waals surface area contributed by atoms with Gasteiger partial charge in [0, 0.05) is 11.6 Å². The summed E-state index contributed by atoms with van der Waals surface area (Å²) in [4.78, 5) is 0. The topological polar surface area (TPSA) is 12.0 Å². The van der Waals surface area contributed by atoms with Crippen LogP contribution in [-0.4, -0.2) is 7.05 Å². The van der Waals surface area contributed by atoms with E-state index in [4.69, 9.17) is 0 Å². The standard InChI is InChI=1S/C16H17F2N/c1-10-7-16(18)14(9-15(10)17)13-6-4-5-12(8-13)11(2)19-3/h4-9,11,19H,1-3H3. The molecule has 2 aromatic carbocycles. The van der Waals surface area contributed by atoms with Gasteiger partial charge in [0.25, 0.3) is 0 Å². The van der Waals surface area contributed by atoms with Crippen LogP contribution in [0.25, 0.3) is 11.1 Å². The summed E-state index contributed by atoms with van der Waals surface area (Å²) in [5.74, 6) is -0.781. The van der Waals surface area contributed by atoms with Crippen LogP contribution in [0.1, 0.15) is 24.1 Å². The summed E-state index contributed by atoms with van der Waals surface area (Å²) in [5, 5.41) is 3.13. The lowest BCUT2D eigenvalue weighted by Crippen LogP contribution is -2.12. The van der Waals surface area contributed by atoms with E-state index < -0.39 is 5.82 Å². The maximum Gasteiger partial charge on any atom is 0.131 e. The third-order valence-corrected chi connectivity index (χ3v) is 3.38. The summed E-state index contributed by atoms with van der Waals surface area (Å²) in [6, 6.07) is 10.2. The van der Waals surface area contributed by atoms with Crippen molar-refractivity contribution in [3.63, 3.8) is 0 Å². The fourth-order valence-electron chi connectivity index (χ4n) is 2.01. The molecule has 2 aromatic rings. The Kier molecular flexibility index (Phi) is 3.96. The lowest BCUT2D eigenvalue weighted by Gasteiger charge is -2.13. The van der Waals surface area contributed by atoms with E-state index in [0.29, 0.717) is 16.7 Å². The van der Waals surface area contributed by atoms with Crippen LogP contribution in [0.5, 0.6) is 0 Å². The van der Waals surface area contributed by atoms with Crippen LogP contribution in [0.4, 0.5) is 8.78 Å². The van der Waals surface area contributed by atoms with Gasteiger partial charge in [0.05, 0.1) is 0 Å². The lowest BCUT2D eigenvalue weighted by atomic mass is 9.99. The molecule has 0 radical (unpaired) electrons. The number of hydrogen-bond acceptors (Lipinski definition) is 1. The van der Waals surface area contributed by atoms with E-state index >= 15 is 0 Å². The first-order valence-electron chi connectivity index (χ1n) is 6.26. The van der Waals surface area contributed by atoms with Gasteiger partial charge in [-0.25, -0.2) is 8.78 Å². The smallest absolute Gasteiger partial charge is 0.131 e. The predicted molar refractivity (Wildman–Crippen MR) is 74.0 cm³/mol. The Labute approximate surface area is 112 Å². The predicted octanol–water partition coefficient (Wildman–Crippen LogP) is 4.22. The van der Waals surface area contributed by atoms with Gasteiger partial charge in [0.15, 0.2) is 0 Å². The van der Waals surface area contributed by atoms with Crippen molar-refractivity contribution in [3.8, 4) is 11.1 Å². The molecule has 0 bridgehead atoms. The molecule has 0 saturated heterocycles. The highest BCUT2D eigenvalue weighted by atomic mass is 19.1. The molecule has 1 N–H and O–H groups in total. The minimum absolute atomic E-state index is 0.165. The van der Waals surface area contributed by atoms with Crippen molar-refractivity contribution in [3.05, 3.63) is 59.2 Å². The molecule has 0 saturated carbocycles. The molecule has 0 fully saturated rings. The van der Waals surface area contributed by atoms with Crippen LogP contribution in [0.3, 0.4) is 0 Å².